The zero-order valence-electron chi connectivity index (χ0n) is 12.9. The second-order valence-electron chi connectivity index (χ2n) is 5.76. The average Bonchev–Trinajstić information content (AvgIpc) is 2.94. The van der Waals surface area contributed by atoms with Crippen molar-refractivity contribution in [3.05, 3.63) is 35.4 Å². The first kappa shape index (κ1) is 16.8. The van der Waals surface area contributed by atoms with E-state index in [1.165, 1.54) is 18.2 Å². The first-order chi connectivity index (χ1) is 10.5. The van der Waals surface area contributed by atoms with Gasteiger partial charge in [0.05, 0.1) is 18.6 Å². The minimum absolute atomic E-state index is 0.0232. The maximum Gasteiger partial charge on any atom is 0.222 e. The van der Waals surface area contributed by atoms with Crippen LogP contribution in [0.15, 0.2) is 18.2 Å². The van der Waals surface area contributed by atoms with Crippen LogP contribution in [0.25, 0.3) is 0 Å². The predicted molar refractivity (Wildman–Crippen MR) is 79.4 cm³/mol. The molecule has 0 aromatic heterocycles. The molecule has 4 nitrogen and oxygen atoms in total. The van der Waals surface area contributed by atoms with Crippen molar-refractivity contribution in [2.45, 2.75) is 31.4 Å². The number of nitrogens with one attached hydrogen (secondary N) is 1. The fourth-order valence-electron chi connectivity index (χ4n) is 2.67. The van der Waals surface area contributed by atoms with Crippen molar-refractivity contribution >= 4 is 5.91 Å². The highest BCUT2D eigenvalue weighted by Crippen LogP contribution is 2.24. The minimum atomic E-state index is -0.605. The van der Waals surface area contributed by atoms with Gasteiger partial charge in [-0.15, -0.1) is 0 Å². The Hall–Kier alpha value is -1.53. The normalized spacial score (nSPS) is 19.4. The summed E-state index contributed by atoms with van der Waals surface area (Å²) < 4.78 is 33.2. The summed E-state index contributed by atoms with van der Waals surface area (Å²) in [5.74, 6) is -1.37. The molecule has 2 atom stereocenters. The van der Waals surface area contributed by atoms with Gasteiger partial charge in [0.2, 0.25) is 5.91 Å². The number of halogens is 2. The largest absolute Gasteiger partial charge is 0.378 e. The van der Waals surface area contributed by atoms with E-state index >= 15 is 0 Å². The van der Waals surface area contributed by atoms with Gasteiger partial charge in [0.15, 0.2) is 0 Å². The smallest absolute Gasteiger partial charge is 0.222 e. The van der Waals surface area contributed by atoms with E-state index in [1.807, 2.05) is 0 Å². The zero-order valence-corrected chi connectivity index (χ0v) is 12.9. The Balaban J connectivity index is 1.98. The fourth-order valence-corrected chi connectivity index (χ4v) is 2.67. The van der Waals surface area contributed by atoms with E-state index < -0.39 is 17.7 Å². The molecular formula is C16H22F2N2O2. The molecule has 1 heterocycles. The molecule has 1 aliphatic heterocycles. The Morgan fingerprint density at radius 2 is 2.09 bits per heavy atom. The van der Waals surface area contributed by atoms with Gasteiger partial charge in [-0.05, 0) is 39.1 Å². The number of rotatable bonds is 6. The number of carbonyl (C=O) groups is 1. The molecule has 0 spiro atoms. The third kappa shape index (κ3) is 4.24. The van der Waals surface area contributed by atoms with Crippen LogP contribution in [0.5, 0.6) is 0 Å². The monoisotopic (exact) mass is 312 g/mol. The van der Waals surface area contributed by atoms with Gasteiger partial charge < -0.3 is 15.0 Å². The van der Waals surface area contributed by atoms with Crippen molar-refractivity contribution in [2.24, 2.45) is 0 Å². The van der Waals surface area contributed by atoms with Gasteiger partial charge in [0.25, 0.3) is 0 Å². The predicted octanol–water partition coefficient (Wildman–Crippen LogP) is 2.25. The van der Waals surface area contributed by atoms with Crippen LogP contribution in [0.4, 0.5) is 8.78 Å². The lowest BCUT2D eigenvalue weighted by molar-refractivity contribution is -0.123. The van der Waals surface area contributed by atoms with Gasteiger partial charge in [-0.3, -0.25) is 4.79 Å². The van der Waals surface area contributed by atoms with Crippen molar-refractivity contribution in [3.63, 3.8) is 0 Å². The number of hydrogen-bond donors (Lipinski definition) is 1. The Kier molecular flexibility index (Phi) is 5.85. The molecule has 22 heavy (non-hydrogen) atoms. The van der Waals surface area contributed by atoms with E-state index in [4.69, 9.17) is 4.74 Å². The van der Waals surface area contributed by atoms with Crippen molar-refractivity contribution in [3.8, 4) is 0 Å². The van der Waals surface area contributed by atoms with Crippen LogP contribution < -0.4 is 5.32 Å². The first-order valence-electron chi connectivity index (χ1n) is 7.47. The van der Waals surface area contributed by atoms with E-state index in [2.05, 4.69) is 5.32 Å². The fraction of sp³-hybridized carbons (Fsp3) is 0.562. The van der Waals surface area contributed by atoms with Crippen molar-refractivity contribution < 1.29 is 18.3 Å². The summed E-state index contributed by atoms with van der Waals surface area (Å²) >= 11 is 0. The Morgan fingerprint density at radius 1 is 1.41 bits per heavy atom. The molecule has 1 amide bonds. The lowest BCUT2D eigenvalue weighted by Crippen LogP contribution is -2.36. The third-order valence-electron chi connectivity index (χ3n) is 3.89. The van der Waals surface area contributed by atoms with Crippen LogP contribution in [-0.2, 0) is 9.53 Å². The third-order valence-corrected chi connectivity index (χ3v) is 3.89. The summed E-state index contributed by atoms with van der Waals surface area (Å²) in [6.07, 6.45) is 2.11. The molecule has 1 fully saturated rings. The minimum Gasteiger partial charge on any atom is -0.378 e. The lowest BCUT2D eigenvalue weighted by Gasteiger charge is -2.26. The molecule has 122 valence electrons. The summed E-state index contributed by atoms with van der Waals surface area (Å²) in [6.45, 7) is 0.842. The number of hydrogen-bond acceptors (Lipinski definition) is 3. The number of likely N-dealkylation sites (N-methyl/N-ethyl adjacent to an activating group) is 1. The van der Waals surface area contributed by atoms with Gasteiger partial charge >= 0.3 is 0 Å². The molecule has 1 aromatic rings. The molecule has 0 saturated carbocycles. The standard InChI is InChI=1S/C16H22F2N2O2/c1-20(2)14(16-12(17)6-3-7-13(16)18)10-19-15(21)9-11-5-4-8-22-11/h3,6-7,11,14H,4-5,8-10H2,1-2H3,(H,19,21)/t11-,14+/m0/s1. The molecule has 0 unspecified atom stereocenters. The molecule has 1 N–H and O–H groups in total. The van der Waals surface area contributed by atoms with Crippen LogP contribution in [0.3, 0.4) is 0 Å². The SMILES string of the molecule is CN(C)[C@H](CNC(=O)C[C@@H]1CCCO1)c1c(F)cccc1F. The number of amides is 1. The van der Waals surface area contributed by atoms with Gasteiger partial charge in [-0.2, -0.15) is 0 Å². The molecule has 1 aromatic carbocycles. The molecule has 2 rings (SSSR count). The number of benzene rings is 1. The van der Waals surface area contributed by atoms with E-state index in [-0.39, 0.29) is 24.1 Å². The van der Waals surface area contributed by atoms with Gasteiger partial charge in [0, 0.05) is 18.7 Å². The summed E-state index contributed by atoms with van der Waals surface area (Å²) in [5.41, 5.74) is -0.0232. The molecule has 6 heteroatoms. The maximum absolute atomic E-state index is 13.9. The van der Waals surface area contributed by atoms with Crippen LogP contribution in [0.2, 0.25) is 0 Å². The summed E-state index contributed by atoms with van der Waals surface area (Å²) in [4.78, 5) is 13.6. The molecule has 0 radical (unpaired) electrons. The Labute approximate surface area is 129 Å². The second kappa shape index (κ2) is 7.65. The molecule has 1 aliphatic rings. The van der Waals surface area contributed by atoms with E-state index in [0.29, 0.717) is 13.0 Å². The van der Waals surface area contributed by atoms with Gasteiger partial charge in [0.1, 0.15) is 11.6 Å². The highest BCUT2D eigenvalue weighted by atomic mass is 19.1. The quantitative estimate of drug-likeness (QED) is 0.876. The van der Waals surface area contributed by atoms with Crippen molar-refractivity contribution in [1.29, 1.82) is 0 Å². The lowest BCUT2D eigenvalue weighted by atomic mass is 10.0. The average molecular weight is 312 g/mol. The van der Waals surface area contributed by atoms with Gasteiger partial charge in [-0.1, -0.05) is 6.07 Å². The molecule has 1 saturated heterocycles. The maximum atomic E-state index is 13.9. The van der Waals surface area contributed by atoms with E-state index in [1.54, 1.807) is 19.0 Å². The topological polar surface area (TPSA) is 41.6 Å². The number of nitrogens with zero attached hydrogens (tertiary/aromatic N) is 1. The van der Waals surface area contributed by atoms with Gasteiger partial charge in [-0.25, -0.2) is 8.78 Å². The Morgan fingerprint density at radius 3 is 2.64 bits per heavy atom. The molecular weight excluding hydrogens is 290 g/mol. The second-order valence-corrected chi connectivity index (χ2v) is 5.76. The summed E-state index contributed by atoms with van der Waals surface area (Å²) in [6, 6.07) is 3.22. The highest BCUT2D eigenvalue weighted by Gasteiger charge is 2.24. The van der Waals surface area contributed by atoms with Crippen molar-refractivity contribution in [2.75, 3.05) is 27.2 Å². The zero-order chi connectivity index (χ0) is 16.1. The van der Waals surface area contributed by atoms with Crippen molar-refractivity contribution in [1.82, 2.24) is 10.2 Å². The van der Waals surface area contributed by atoms with E-state index in [0.717, 1.165) is 12.8 Å². The van der Waals surface area contributed by atoms with Crippen LogP contribution >= 0.6 is 0 Å². The van der Waals surface area contributed by atoms with Crippen LogP contribution in [-0.4, -0.2) is 44.2 Å². The first-order valence-corrected chi connectivity index (χ1v) is 7.47. The molecule has 0 aliphatic carbocycles. The van der Waals surface area contributed by atoms with E-state index in [9.17, 15) is 13.6 Å². The number of carbonyl (C=O) groups excluding carboxylic acids is 1. The molecule has 0 bridgehead atoms. The summed E-state index contributed by atoms with van der Waals surface area (Å²) in [5, 5.41) is 2.75. The Bertz CT molecular complexity index is 497. The van der Waals surface area contributed by atoms with Crippen LogP contribution in [0.1, 0.15) is 30.9 Å². The summed E-state index contributed by atoms with van der Waals surface area (Å²) in [7, 11) is 3.45. The van der Waals surface area contributed by atoms with Crippen LogP contribution in [0, 0.1) is 11.6 Å². The highest BCUT2D eigenvalue weighted by molar-refractivity contribution is 5.76. The number of ether oxygens (including phenoxy) is 1.